The van der Waals surface area contributed by atoms with Gasteiger partial charge in [0.15, 0.2) is 0 Å². The number of rotatable bonds is 4. The third-order valence-corrected chi connectivity index (χ3v) is 3.92. The second kappa shape index (κ2) is 5.50. The Morgan fingerprint density at radius 3 is 2.35 bits per heavy atom. The van der Waals surface area contributed by atoms with Crippen LogP contribution in [0.5, 0.6) is 0 Å². The molecule has 1 saturated carbocycles. The van der Waals surface area contributed by atoms with E-state index in [0.29, 0.717) is 6.54 Å². The highest BCUT2D eigenvalue weighted by Crippen LogP contribution is 2.38. The maximum atomic E-state index is 12.8. The van der Waals surface area contributed by atoms with Crippen LogP contribution < -0.4 is 10.6 Å². The minimum absolute atomic E-state index is 0.162. The molecule has 2 N–H and O–H groups in total. The van der Waals surface area contributed by atoms with Crippen molar-refractivity contribution in [3.05, 3.63) is 17.7 Å². The average molecular weight is 287 g/mol. The molecule has 0 atom stereocenters. The predicted octanol–water partition coefficient (Wildman–Crippen LogP) is 4.13. The van der Waals surface area contributed by atoms with Gasteiger partial charge in [-0.1, -0.05) is 19.8 Å². The van der Waals surface area contributed by atoms with E-state index in [9.17, 15) is 13.2 Å². The Morgan fingerprint density at radius 1 is 1.20 bits per heavy atom. The fourth-order valence-electron chi connectivity index (χ4n) is 2.62. The minimum atomic E-state index is -4.36. The number of hydrogen-bond donors (Lipinski definition) is 2. The molecule has 0 aromatic carbocycles. The van der Waals surface area contributed by atoms with Gasteiger partial charge < -0.3 is 10.6 Å². The zero-order valence-corrected chi connectivity index (χ0v) is 11.8. The molecule has 0 bridgehead atoms. The first kappa shape index (κ1) is 14.9. The Bertz CT molecular complexity index is 465. The number of halogens is 3. The fraction of sp³-hybridized carbons (Fsp3) is 0.643. The molecular weight excluding hydrogens is 267 g/mol. The molecular formula is C14H20F3N3. The van der Waals surface area contributed by atoms with Crippen LogP contribution in [0.15, 0.2) is 12.1 Å². The third kappa shape index (κ3) is 3.55. The van der Waals surface area contributed by atoms with Crippen molar-refractivity contribution in [1.82, 2.24) is 4.98 Å². The second-order valence-electron chi connectivity index (χ2n) is 5.75. The smallest absolute Gasteiger partial charge is 0.373 e. The van der Waals surface area contributed by atoms with E-state index in [1.165, 1.54) is 12.8 Å². The Hall–Kier alpha value is -1.46. The van der Waals surface area contributed by atoms with Gasteiger partial charge in [0.25, 0.3) is 0 Å². The van der Waals surface area contributed by atoms with Gasteiger partial charge in [0.1, 0.15) is 11.6 Å². The van der Waals surface area contributed by atoms with E-state index < -0.39 is 11.7 Å². The Kier molecular flexibility index (Phi) is 4.11. The molecule has 1 aromatic heterocycles. The van der Waals surface area contributed by atoms with Crippen molar-refractivity contribution < 1.29 is 13.2 Å². The van der Waals surface area contributed by atoms with Crippen LogP contribution in [0.25, 0.3) is 0 Å². The first-order valence-electron chi connectivity index (χ1n) is 6.83. The summed E-state index contributed by atoms with van der Waals surface area (Å²) in [6.45, 7) is 2.82. The van der Waals surface area contributed by atoms with Gasteiger partial charge in [0.2, 0.25) is 0 Å². The SMILES string of the molecule is CNc1cc(C(F)(F)F)cc(NCC2(C)CCCC2)n1. The number of anilines is 2. The second-order valence-corrected chi connectivity index (χ2v) is 5.75. The van der Waals surface area contributed by atoms with Crippen molar-refractivity contribution in [2.45, 2.75) is 38.8 Å². The number of pyridine rings is 1. The quantitative estimate of drug-likeness (QED) is 0.874. The lowest BCUT2D eigenvalue weighted by Crippen LogP contribution is -2.23. The molecule has 6 heteroatoms. The highest BCUT2D eigenvalue weighted by Gasteiger charge is 2.32. The van der Waals surface area contributed by atoms with Crippen LogP contribution >= 0.6 is 0 Å². The summed E-state index contributed by atoms with van der Waals surface area (Å²) in [6.07, 6.45) is 0.240. The van der Waals surface area contributed by atoms with E-state index in [1.54, 1.807) is 7.05 Å². The van der Waals surface area contributed by atoms with Gasteiger partial charge >= 0.3 is 6.18 Å². The van der Waals surface area contributed by atoms with E-state index in [4.69, 9.17) is 0 Å². The molecule has 1 aromatic rings. The lowest BCUT2D eigenvalue weighted by Gasteiger charge is -2.24. The van der Waals surface area contributed by atoms with Crippen LogP contribution in [-0.2, 0) is 6.18 Å². The molecule has 112 valence electrons. The maximum Gasteiger partial charge on any atom is 0.416 e. The zero-order valence-electron chi connectivity index (χ0n) is 11.8. The topological polar surface area (TPSA) is 37.0 Å². The predicted molar refractivity (Wildman–Crippen MR) is 73.9 cm³/mol. The molecule has 0 aliphatic heterocycles. The molecule has 0 amide bonds. The number of hydrogen-bond acceptors (Lipinski definition) is 3. The minimum Gasteiger partial charge on any atom is -0.373 e. The van der Waals surface area contributed by atoms with Crippen molar-refractivity contribution >= 4 is 11.6 Å². The maximum absolute atomic E-state index is 12.8. The molecule has 20 heavy (non-hydrogen) atoms. The summed E-state index contributed by atoms with van der Waals surface area (Å²) >= 11 is 0. The summed E-state index contributed by atoms with van der Waals surface area (Å²) in [5, 5.41) is 5.73. The van der Waals surface area contributed by atoms with Gasteiger partial charge in [-0.05, 0) is 30.4 Å². The molecule has 0 spiro atoms. The molecule has 1 aliphatic rings. The molecule has 0 unspecified atom stereocenters. The van der Waals surface area contributed by atoms with Crippen LogP contribution in [0.4, 0.5) is 24.8 Å². The van der Waals surface area contributed by atoms with E-state index in [2.05, 4.69) is 22.5 Å². The molecule has 1 aliphatic carbocycles. The largest absolute Gasteiger partial charge is 0.416 e. The summed E-state index contributed by atoms with van der Waals surface area (Å²) < 4.78 is 38.5. The lowest BCUT2D eigenvalue weighted by atomic mass is 9.89. The Labute approximate surface area is 117 Å². The summed E-state index contributed by atoms with van der Waals surface area (Å²) in [4.78, 5) is 4.14. The molecule has 1 heterocycles. The van der Waals surface area contributed by atoms with Crippen LogP contribution in [-0.4, -0.2) is 18.6 Å². The van der Waals surface area contributed by atoms with Crippen LogP contribution in [0.1, 0.15) is 38.2 Å². The molecule has 0 saturated heterocycles. The first-order valence-corrected chi connectivity index (χ1v) is 6.83. The molecule has 0 radical (unpaired) electrons. The number of nitrogens with zero attached hydrogens (tertiary/aromatic N) is 1. The number of aromatic nitrogens is 1. The van der Waals surface area contributed by atoms with Crippen LogP contribution in [0.2, 0.25) is 0 Å². The zero-order chi connectivity index (χ0) is 14.8. The van der Waals surface area contributed by atoms with Crippen LogP contribution in [0, 0.1) is 5.41 Å². The summed E-state index contributed by atoms with van der Waals surface area (Å²) in [7, 11) is 1.56. The highest BCUT2D eigenvalue weighted by molar-refractivity contribution is 5.49. The monoisotopic (exact) mass is 287 g/mol. The third-order valence-electron chi connectivity index (χ3n) is 3.92. The highest BCUT2D eigenvalue weighted by atomic mass is 19.4. The van der Waals surface area contributed by atoms with Crippen molar-refractivity contribution in [3.8, 4) is 0 Å². The normalized spacial score (nSPS) is 18.1. The summed E-state index contributed by atoms with van der Waals surface area (Å²) in [6, 6.07) is 2.08. The van der Waals surface area contributed by atoms with Gasteiger partial charge in [0, 0.05) is 13.6 Å². The molecule has 2 rings (SSSR count). The number of alkyl halides is 3. The standard InChI is InChI=1S/C14H20F3N3/c1-13(5-3-4-6-13)9-19-12-8-10(14(15,16)17)7-11(18-2)20-12/h7-8H,3-6,9H2,1-2H3,(H2,18,19,20). The lowest BCUT2D eigenvalue weighted by molar-refractivity contribution is -0.137. The van der Waals surface area contributed by atoms with Gasteiger partial charge in [-0.2, -0.15) is 13.2 Å². The number of nitrogens with one attached hydrogen (secondary N) is 2. The first-order chi connectivity index (χ1) is 9.32. The van der Waals surface area contributed by atoms with Gasteiger partial charge in [-0.25, -0.2) is 4.98 Å². The average Bonchev–Trinajstić information content (AvgIpc) is 2.82. The van der Waals surface area contributed by atoms with E-state index in [0.717, 1.165) is 25.0 Å². The van der Waals surface area contributed by atoms with Crippen LogP contribution in [0.3, 0.4) is 0 Å². The van der Waals surface area contributed by atoms with Crippen molar-refractivity contribution in [1.29, 1.82) is 0 Å². The summed E-state index contributed by atoms with van der Waals surface area (Å²) in [5.41, 5.74) is -0.522. The van der Waals surface area contributed by atoms with Gasteiger partial charge in [-0.3, -0.25) is 0 Å². The fourth-order valence-corrected chi connectivity index (χ4v) is 2.62. The van der Waals surface area contributed by atoms with Crippen molar-refractivity contribution in [2.24, 2.45) is 5.41 Å². The van der Waals surface area contributed by atoms with E-state index in [-0.39, 0.29) is 17.1 Å². The van der Waals surface area contributed by atoms with Gasteiger partial charge in [0.05, 0.1) is 5.56 Å². The Balaban J connectivity index is 2.14. The van der Waals surface area contributed by atoms with Crippen molar-refractivity contribution in [2.75, 3.05) is 24.2 Å². The molecule has 3 nitrogen and oxygen atoms in total. The van der Waals surface area contributed by atoms with Crippen molar-refractivity contribution in [3.63, 3.8) is 0 Å². The van der Waals surface area contributed by atoms with E-state index >= 15 is 0 Å². The Morgan fingerprint density at radius 2 is 1.80 bits per heavy atom. The van der Waals surface area contributed by atoms with Gasteiger partial charge in [-0.15, -0.1) is 0 Å². The van der Waals surface area contributed by atoms with E-state index in [1.807, 2.05) is 0 Å². The summed E-state index contributed by atoms with van der Waals surface area (Å²) in [5.74, 6) is 0.496. The molecule has 1 fully saturated rings.